The summed E-state index contributed by atoms with van der Waals surface area (Å²) >= 11 is 1.24. The average Bonchev–Trinajstić information content (AvgIpc) is 3.05. The minimum absolute atomic E-state index is 0.0641. The molecule has 0 bridgehead atoms. The number of amides is 1. The van der Waals surface area contributed by atoms with Gasteiger partial charge in [0.1, 0.15) is 5.82 Å². The molecule has 1 aliphatic rings. The Morgan fingerprint density at radius 2 is 1.80 bits per heavy atom. The molecule has 2 nitrogen and oxygen atoms in total. The van der Waals surface area contributed by atoms with Crippen LogP contribution < -0.4 is 5.32 Å². The Hall–Kier alpha value is -1.89. The molecule has 1 aromatic heterocycles. The summed E-state index contributed by atoms with van der Waals surface area (Å²) in [6.45, 7) is 0. The van der Waals surface area contributed by atoms with Gasteiger partial charge in [0.2, 0.25) is 0 Å². The third-order valence-corrected chi connectivity index (χ3v) is 5.56. The van der Waals surface area contributed by atoms with Crippen molar-refractivity contribution < 1.29 is 22.4 Å². The maximum Gasteiger partial charge on any atom is 0.391 e. The number of hydrogen-bond donors (Lipinski definition) is 1. The minimum atomic E-state index is -4.21. The zero-order chi connectivity index (χ0) is 18.0. The third-order valence-electron chi connectivity index (χ3n) is 4.43. The van der Waals surface area contributed by atoms with Gasteiger partial charge in [-0.25, -0.2) is 4.39 Å². The van der Waals surface area contributed by atoms with E-state index in [0.717, 1.165) is 10.4 Å². The van der Waals surface area contributed by atoms with E-state index in [-0.39, 0.29) is 24.6 Å². The molecule has 3 rings (SSSR count). The highest BCUT2D eigenvalue weighted by molar-refractivity contribution is 7.17. The lowest BCUT2D eigenvalue weighted by Gasteiger charge is -2.30. The molecule has 1 N–H and O–H groups in total. The van der Waals surface area contributed by atoms with Crippen molar-refractivity contribution in [3.63, 3.8) is 0 Å². The van der Waals surface area contributed by atoms with E-state index in [0.29, 0.717) is 17.7 Å². The fourth-order valence-electron chi connectivity index (χ4n) is 3.10. The molecule has 2 aromatic rings. The van der Waals surface area contributed by atoms with Crippen molar-refractivity contribution >= 4 is 17.2 Å². The fourth-order valence-corrected chi connectivity index (χ4v) is 4.02. The largest absolute Gasteiger partial charge is 0.391 e. The highest BCUT2D eigenvalue weighted by atomic mass is 32.1. The maximum absolute atomic E-state index is 13.0. The summed E-state index contributed by atoms with van der Waals surface area (Å²) in [5, 5.41) is 2.72. The van der Waals surface area contributed by atoms with Gasteiger partial charge in [-0.05, 0) is 49.1 Å². The summed E-state index contributed by atoms with van der Waals surface area (Å²) < 4.78 is 51.5. The van der Waals surface area contributed by atoms with Crippen LogP contribution in [-0.4, -0.2) is 18.1 Å². The molecule has 2 atom stereocenters. The number of alkyl halides is 3. The van der Waals surface area contributed by atoms with Crippen LogP contribution in [0.1, 0.15) is 35.4 Å². The molecule has 1 fully saturated rings. The number of benzene rings is 1. The molecule has 1 aromatic carbocycles. The highest BCUT2D eigenvalue weighted by Gasteiger charge is 2.42. The quantitative estimate of drug-likeness (QED) is 0.719. The van der Waals surface area contributed by atoms with E-state index in [1.54, 1.807) is 24.3 Å². The number of nitrogens with one attached hydrogen (secondary N) is 1. The smallest absolute Gasteiger partial charge is 0.349 e. The molecule has 2 unspecified atom stereocenters. The van der Waals surface area contributed by atoms with Crippen molar-refractivity contribution in [1.82, 2.24) is 5.32 Å². The second-order valence-electron chi connectivity index (χ2n) is 6.25. The SMILES string of the molecule is O=C(NC1CCCC(C(F)(F)F)C1)c1ccc(-c2ccc(F)cc2)s1. The van der Waals surface area contributed by atoms with E-state index in [9.17, 15) is 22.4 Å². The first-order valence-electron chi connectivity index (χ1n) is 8.06. The number of halogens is 4. The van der Waals surface area contributed by atoms with Crippen molar-refractivity contribution in [3.8, 4) is 10.4 Å². The van der Waals surface area contributed by atoms with E-state index in [4.69, 9.17) is 0 Å². The number of thiophene rings is 1. The lowest BCUT2D eigenvalue weighted by molar-refractivity contribution is -0.183. The molecule has 1 aliphatic carbocycles. The van der Waals surface area contributed by atoms with E-state index in [1.165, 1.54) is 23.5 Å². The van der Waals surface area contributed by atoms with Crippen LogP contribution in [0.4, 0.5) is 17.6 Å². The molecule has 0 spiro atoms. The van der Waals surface area contributed by atoms with Crippen LogP contribution in [0, 0.1) is 11.7 Å². The van der Waals surface area contributed by atoms with Gasteiger partial charge in [0.25, 0.3) is 5.91 Å². The van der Waals surface area contributed by atoms with Crippen molar-refractivity contribution in [2.24, 2.45) is 5.92 Å². The van der Waals surface area contributed by atoms with Gasteiger partial charge < -0.3 is 5.32 Å². The summed E-state index contributed by atoms with van der Waals surface area (Å²) in [6, 6.07) is 8.87. The third kappa shape index (κ3) is 4.39. The standard InChI is InChI=1S/C18H17F4NOS/c19-13-6-4-11(5-7-13)15-8-9-16(25-15)17(24)23-14-3-1-2-12(10-14)18(20,21)22/h4-9,12,14H,1-3,10H2,(H,23,24). The number of carbonyl (C=O) groups excluding carboxylic acids is 1. The molecule has 0 aliphatic heterocycles. The average molecular weight is 371 g/mol. The summed E-state index contributed by atoms with van der Waals surface area (Å²) in [7, 11) is 0. The lowest BCUT2D eigenvalue weighted by Crippen LogP contribution is -2.41. The Morgan fingerprint density at radius 1 is 1.08 bits per heavy atom. The zero-order valence-corrected chi connectivity index (χ0v) is 14.1. The van der Waals surface area contributed by atoms with Crippen LogP contribution in [0.5, 0.6) is 0 Å². The first kappa shape index (κ1) is 17.9. The molecule has 25 heavy (non-hydrogen) atoms. The van der Waals surface area contributed by atoms with Crippen LogP contribution in [0.25, 0.3) is 10.4 Å². The monoisotopic (exact) mass is 371 g/mol. The van der Waals surface area contributed by atoms with Crippen LogP contribution in [0.2, 0.25) is 0 Å². The van der Waals surface area contributed by atoms with Crippen molar-refractivity contribution in [2.45, 2.75) is 37.9 Å². The summed E-state index contributed by atoms with van der Waals surface area (Å²) in [6.07, 6.45) is -3.12. The second-order valence-corrected chi connectivity index (χ2v) is 7.33. The van der Waals surface area contributed by atoms with Gasteiger partial charge in [-0.15, -0.1) is 11.3 Å². The predicted molar refractivity (Wildman–Crippen MR) is 89.0 cm³/mol. The van der Waals surface area contributed by atoms with Crippen LogP contribution in [0.15, 0.2) is 36.4 Å². The van der Waals surface area contributed by atoms with Gasteiger partial charge in [-0.3, -0.25) is 4.79 Å². The zero-order valence-electron chi connectivity index (χ0n) is 13.3. The summed E-state index contributed by atoms with van der Waals surface area (Å²) in [5.74, 6) is -2.04. The van der Waals surface area contributed by atoms with E-state index < -0.39 is 18.1 Å². The van der Waals surface area contributed by atoms with Crippen LogP contribution in [-0.2, 0) is 0 Å². The van der Waals surface area contributed by atoms with E-state index in [1.807, 2.05) is 0 Å². The van der Waals surface area contributed by atoms with Gasteiger partial charge >= 0.3 is 6.18 Å². The summed E-state index contributed by atoms with van der Waals surface area (Å²) in [4.78, 5) is 13.6. The van der Waals surface area contributed by atoms with Gasteiger partial charge in [0.05, 0.1) is 10.8 Å². The Kier molecular flexibility index (Phi) is 5.13. The lowest BCUT2D eigenvalue weighted by atomic mass is 9.85. The number of hydrogen-bond acceptors (Lipinski definition) is 2. The topological polar surface area (TPSA) is 29.1 Å². The molecule has 1 heterocycles. The molecule has 0 saturated heterocycles. The van der Waals surface area contributed by atoms with Crippen LogP contribution in [0.3, 0.4) is 0 Å². The normalized spacial score (nSPS) is 21.1. The van der Waals surface area contributed by atoms with Crippen molar-refractivity contribution in [3.05, 3.63) is 47.1 Å². The van der Waals surface area contributed by atoms with E-state index in [2.05, 4.69) is 5.32 Å². The molecular weight excluding hydrogens is 354 g/mol. The minimum Gasteiger partial charge on any atom is -0.349 e. The van der Waals surface area contributed by atoms with E-state index >= 15 is 0 Å². The summed E-state index contributed by atoms with van der Waals surface area (Å²) in [5.41, 5.74) is 0.792. The highest BCUT2D eigenvalue weighted by Crippen LogP contribution is 2.37. The van der Waals surface area contributed by atoms with Crippen LogP contribution >= 0.6 is 11.3 Å². The van der Waals surface area contributed by atoms with Gasteiger partial charge in [-0.1, -0.05) is 18.6 Å². The molecule has 7 heteroatoms. The Bertz CT molecular complexity index is 738. The number of rotatable bonds is 3. The van der Waals surface area contributed by atoms with Gasteiger partial charge in [0, 0.05) is 10.9 Å². The molecule has 1 amide bonds. The van der Waals surface area contributed by atoms with Gasteiger partial charge in [-0.2, -0.15) is 13.2 Å². The second kappa shape index (κ2) is 7.15. The Morgan fingerprint density at radius 3 is 2.48 bits per heavy atom. The molecule has 0 radical (unpaired) electrons. The Balaban J connectivity index is 1.65. The Labute approximate surface area is 146 Å². The molecule has 134 valence electrons. The maximum atomic E-state index is 13.0. The van der Waals surface area contributed by atoms with Crippen molar-refractivity contribution in [1.29, 1.82) is 0 Å². The van der Waals surface area contributed by atoms with Gasteiger partial charge in [0.15, 0.2) is 0 Å². The molecular formula is C18H17F4NOS. The van der Waals surface area contributed by atoms with Crippen molar-refractivity contribution in [2.75, 3.05) is 0 Å². The predicted octanol–water partition coefficient (Wildman–Crippen LogP) is 5.41. The fraction of sp³-hybridized carbons (Fsp3) is 0.389. The first-order valence-corrected chi connectivity index (χ1v) is 8.88. The first-order chi connectivity index (χ1) is 11.8. The molecule has 1 saturated carbocycles. The number of carbonyl (C=O) groups is 1.